The van der Waals surface area contributed by atoms with E-state index < -0.39 is 0 Å². The van der Waals surface area contributed by atoms with Gasteiger partial charge in [-0.2, -0.15) is 0 Å². The van der Waals surface area contributed by atoms with Crippen LogP contribution in [0.5, 0.6) is 5.75 Å². The number of aryl methyl sites for hydroxylation is 2. The Hall–Kier alpha value is -2.29. The summed E-state index contributed by atoms with van der Waals surface area (Å²) in [6.45, 7) is 4.07. The van der Waals surface area contributed by atoms with Crippen LogP contribution in [0.1, 0.15) is 24.5 Å². The van der Waals surface area contributed by atoms with Crippen molar-refractivity contribution in [1.82, 2.24) is 5.32 Å². The molecule has 1 atom stereocenters. The van der Waals surface area contributed by atoms with Crippen LogP contribution >= 0.6 is 0 Å². The number of ether oxygens (including phenoxy) is 1. The van der Waals surface area contributed by atoms with Gasteiger partial charge in [0.25, 0.3) is 5.91 Å². The van der Waals surface area contributed by atoms with Gasteiger partial charge in [-0.3, -0.25) is 4.79 Å². The molecule has 0 saturated heterocycles. The van der Waals surface area contributed by atoms with Gasteiger partial charge in [0.2, 0.25) is 0 Å². The third kappa shape index (κ3) is 5.60. The second-order valence-corrected chi connectivity index (χ2v) is 5.60. The summed E-state index contributed by atoms with van der Waals surface area (Å²) in [5.41, 5.74) is 2.41. The summed E-state index contributed by atoms with van der Waals surface area (Å²) in [6, 6.07) is 18.1. The topological polar surface area (TPSA) is 38.3 Å². The van der Waals surface area contributed by atoms with Gasteiger partial charge >= 0.3 is 0 Å². The minimum absolute atomic E-state index is 0.0547. The average Bonchev–Trinajstić information content (AvgIpc) is 2.52. The van der Waals surface area contributed by atoms with Gasteiger partial charge in [-0.05, 0) is 49.9 Å². The van der Waals surface area contributed by atoms with E-state index in [0.717, 1.165) is 24.2 Å². The molecule has 2 aromatic carbocycles. The summed E-state index contributed by atoms with van der Waals surface area (Å²) in [6.07, 6.45) is 1.88. The first-order valence-corrected chi connectivity index (χ1v) is 7.66. The molecule has 0 fully saturated rings. The van der Waals surface area contributed by atoms with E-state index in [4.69, 9.17) is 4.74 Å². The second kappa shape index (κ2) is 8.23. The molecule has 2 aromatic rings. The predicted octanol–water partition coefficient (Wildman–Crippen LogP) is 3.51. The van der Waals surface area contributed by atoms with E-state index in [2.05, 4.69) is 17.4 Å². The quantitative estimate of drug-likeness (QED) is 0.849. The molecule has 0 spiro atoms. The third-order valence-corrected chi connectivity index (χ3v) is 3.48. The lowest BCUT2D eigenvalue weighted by Crippen LogP contribution is -2.36. The van der Waals surface area contributed by atoms with Crippen LogP contribution in [0.4, 0.5) is 0 Å². The summed E-state index contributed by atoms with van der Waals surface area (Å²) in [5.74, 6) is 0.647. The molecule has 0 bridgehead atoms. The van der Waals surface area contributed by atoms with Crippen LogP contribution in [0.2, 0.25) is 0 Å². The number of benzene rings is 2. The fraction of sp³-hybridized carbons (Fsp3) is 0.316. The van der Waals surface area contributed by atoms with Gasteiger partial charge in [-0.1, -0.05) is 42.5 Å². The number of rotatable bonds is 7. The first-order chi connectivity index (χ1) is 10.6. The normalized spacial score (nSPS) is 11.7. The van der Waals surface area contributed by atoms with Crippen molar-refractivity contribution < 1.29 is 9.53 Å². The lowest BCUT2D eigenvalue weighted by atomic mass is 10.1. The number of carbonyl (C=O) groups is 1. The number of nitrogens with one attached hydrogen (secondary N) is 1. The Labute approximate surface area is 132 Å². The zero-order chi connectivity index (χ0) is 15.8. The molecule has 0 aromatic heterocycles. The summed E-state index contributed by atoms with van der Waals surface area (Å²) in [7, 11) is 0. The highest BCUT2D eigenvalue weighted by Crippen LogP contribution is 2.12. The molecule has 0 radical (unpaired) electrons. The molecular weight excluding hydrogens is 274 g/mol. The van der Waals surface area contributed by atoms with Crippen LogP contribution < -0.4 is 10.1 Å². The van der Waals surface area contributed by atoms with E-state index in [1.807, 2.05) is 56.3 Å². The minimum atomic E-state index is -0.0814. The molecule has 22 heavy (non-hydrogen) atoms. The number of hydrogen-bond donors (Lipinski definition) is 1. The van der Waals surface area contributed by atoms with E-state index in [1.54, 1.807) is 0 Å². The maximum absolute atomic E-state index is 11.9. The van der Waals surface area contributed by atoms with E-state index in [-0.39, 0.29) is 18.6 Å². The maximum Gasteiger partial charge on any atom is 0.258 e. The molecule has 0 aliphatic heterocycles. The fourth-order valence-corrected chi connectivity index (χ4v) is 2.27. The van der Waals surface area contributed by atoms with Crippen molar-refractivity contribution in [2.24, 2.45) is 0 Å². The van der Waals surface area contributed by atoms with Gasteiger partial charge in [0.05, 0.1) is 0 Å². The van der Waals surface area contributed by atoms with Crippen molar-refractivity contribution in [3.63, 3.8) is 0 Å². The summed E-state index contributed by atoms with van der Waals surface area (Å²) < 4.78 is 5.50. The van der Waals surface area contributed by atoms with Crippen molar-refractivity contribution in [1.29, 1.82) is 0 Å². The van der Waals surface area contributed by atoms with Crippen molar-refractivity contribution >= 4 is 5.91 Å². The zero-order valence-corrected chi connectivity index (χ0v) is 13.2. The number of amides is 1. The van der Waals surface area contributed by atoms with Crippen molar-refractivity contribution in [2.75, 3.05) is 6.61 Å². The van der Waals surface area contributed by atoms with Crippen molar-refractivity contribution in [3.8, 4) is 5.75 Å². The van der Waals surface area contributed by atoms with Crippen LogP contribution in [0, 0.1) is 6.92 Å². The fourth-order valence-electron chi connectivity index (χ4n) is 2.27. The third-order valence-electron chi connectivity index (χ3n) is 3.48. The Morgan fingerprint density at radius 1 is 1.14 bits per heavy atom. The summed E-state index contributed by atoms with van der Waals surface area (Å²) in [4.78, 5) is 11.9. The largest absolute Gasteiger partial charge is 0.484 e. The van der Waals surface area contributed by atoms with Gasteiger partial charge in [-0.25, -0.2) is 0 Å². The van der Waals surface area contributed by atoms with Gasteiger partial charge in [0, 0.05) is 6.04 Å². The molecule has 116 valence electrons. The number of carbonyl (C=O) groups excluding carboxylic acids is 1. The van der Waals surface area contributed by atoms with E-state index in [1.165, 1.54) is 5.56 Å². The first kappa shape index (κ1) is 16.1. The highest BCUT2D eigenvalue weighted by atomic mass is 16.5. The standard InChI is InChI=1S/C19H23NO2/c1-15-7-6-10-18(13-15)22-14-19(21)20-16(2)11-12-17-8-4-3-5-9-17/h3-10,13,16H,11-12,14H2,1-2H3,(H,20,21)/t16-/m1/s1. The molecule has 1 amide bonds. The molecule has 1 N–H and O–H groups in total. The molecule has 3 heteroatoms. The summed E-state index contributed by atoms with van der Waals surface area (Å²) in [5, 5.41) is 2.97. The highest BCUT2D eigenvalue weighted by Gasteiger charge is 2.08. The van der Waals surface area contributed by atoms with Crippen LogP contribution in [0.25, 0.3) is 0 Å². The van der Waals surface area contributed by atoms with E-state index >= 15 is 0 Å². The van der Waals surface area contributed by atoms with Crippen LogP contribution in [0.3, 0.4) is 0 Å². The molecule has 0 heterocycles. The zero-order valence-electron chi connectivity index (χ0n) is 13.2. The second-order valence-electron chi connectivity index (χ2n) is 5.60. The van der Waals surface area contributed by atoms with E-state index in [0.29, 0.717) is 0 Å². The van der Waals surface area contributed by atoms with Crippen molar-refractivity contribution in [2.45, 2.75) is 32.7 Å². The van der Waals surface area contributed by atoms with Crippen molar-refractivity contribution in [3.05, 3.63) is 65.7 Å². The lowest BCUT2D eigenvalue weighted by Gasteiger charge is -2.14. The Bertz CT molecular complexity index is 595. The number of hydrogen-bond acceptors (Lipinski definition) is 2. The van der Waals surface area contributed by atoms with Gasteiger partial charge < -0.3 is 10.1 Å². The summed E-state index contributed by atoms with van der Waals surface area (Å²) >= 11 is 0. The van der Waals surface area contributed by atoms with Crippen LogP contribution in [0.15, 0.2) is 54.6 Å². The predicted molar refractivity (Wildman–Crippen MR) is 89.0 cm³/mol. The maximum atomic E-state index is 11.9. The molecule has 0 unspecified atom stereocenters. The Kier molecular flexibility index (Phi) is 6.01. The van der Waals surface area contributed by atoms with E-state index in [9.17, 15) is 4.79 Å². The Morgan fingerprint density at radius 2 is 1.91 bits per heavy atom. The molecular formula is C19H23NO2. The molecule has 0 aliphatic rings. The van der Waals surface area contributed by atoms with Gasteiger partial charge in [-0.15, -0.1) is 0 Å². The molecule has 0 saturated carbocycles. The lowest BCUT2D eigenvalue weighted by molar-refractivity contribution is -0.123. The average molecular weight is 297 g/mol. The van der Waals surface area contributed by atoms with Crippen LogP contribution in [-0.4, -0.2) is 18.6 Å². The molecule has 2 rings (SSSR count). The SMILES string of the molecule is Cc1cccc(OCC(=O)N[C@H](C)CCc2ccccc2)c1. The van der Waals surface area contributed by atoms with Gasteiger partial charge in [0.15, 0.2) is 6.61 Å². The first-order valence-electron chi connectivity index (χ1n) is 7.66. The Balaban J connectivity index is 1.70. The monoisotopic (exact) mass is 297 g/mol. The van der Waals surface area contributed by atoms with Crippen LogP contribution in [-0.2, 0) is 11.2 Å². The molecule has 3 nitrogen and oxygen atoms in total. The Morgan fingerprint density at radius 3 is 2.64 bits per heavy atom. The molecule has 0 aliphatic carbocycles. The van der Waals surface area contributed by atoms with Gasteiger partial charge in [0.1, 0.15) is 5.75 Å². The highest BCUT2D eigenvalue weighted by molar-refractivity contribution is 5.77. The smallest absolute Gasteiger partial charge is 0.258 e. The minimum Gasteiger partial charge on any atom is -0.484 e.